The Balaban J connectivity index is 0.668. The van der Waals surface area contributed by atoms with Crippen LogP contribution in [0.2, 0.25) is 0 Å². The van der Waals surface area contributed by atoms with E-state index in [2.05, 4.69) is 61.0 Å². The zero-order chi connectivity index (χ0) is 48.0. The van der Waals surface area contributed by atoms with E-state index in [0.29, 0.717) is 47.2 Å². The van der Waals surface area contributed by atoms with Crippen molar-refractivity contribution in [1.82, 2.24) is 0 Å². The van der Waals surface area contributed by atoms with Crippen molar-refractivity contribution in [2.45, 2.75) is 140 Å². The van der Waals surface area contributed by atoms with Crippen LogP contribution in [-0.2, 0) is 39.1 Å². The molecular weight excluding hydrogens is 863 g/mol. The van der Waals surface area contributed by atoms with Crippen LogP contribution in [-0.4, -0.2) is 35.3 Å². The molecule has 0 aromatic heterocycles. The Labute approximate surface area is 406 Å². The summed E-state index contributed by atoms with van der Waals surface area (Å²) in [5.41, 5.74) is 10.8. The number of halogens is 2. The van der Waals surface area contributed by atoms with E-state index in [0.717, 1.165) is 93.4 Å². The normalized spacial score (nSPS) is 27.3. The van der Waals surface area contributed by atoms with Crippen molar-refractivity contribution in [2.24, 2.45) is 35.5 Å². The Hall–Kier alpha value is -5.43. The van der Waals surface area contributed by atoms with E-state index in [4.69, 9.17) is 0 Å². The Morgan fingerprint density at radius 2 is 1.59 bits per heavy atom. The smallest absolute Gasteiger partial charge is 0.270 e. The average molecular weight is 928 g/mol. The number of carbonyl (C=O) groups excluding carboxylic acids is 5. The highest BCUT2D eigenvalue weighted by molar-refractivity contribution is 6.27. The van der Waals surface area contributed by atoms with Crippen LogP contribution < -0.4 is 0 Å². The highest BCUT2D eigenvalue weighted by atomic mass is 19.3. The van der Waals surface area contributed by atoms with Gasteiger partial charge in [-0.2, -0.15) is 0 Å². The molecule has 0 spiro atoms. The van der Waals surface area contributed by atoms with Gasteiger partial charge in [-0.1, -0.05) is 134 Å². The van der Waals surface area contributed by atoms with Crippen LogP contribution in [0.3, 0.4) is 0 Å². The highest BCUT2D eigenvalue weighted by Crippen LogP contribution is 2.63. The van der Waals surface area contributed by atoms with Crippen molar-refractivity contribution in [3.63, 3.8) is 0 Å². The molecule has 0 N–H and O–H groups in total. The molecule has 7 aliphatic rings. The SMILES string of the molecule is CC(=O)CCC(C=O)C1C(=O)c2cccc(CCc3ccc(CCCCCC4CCC(CC5=CC6C(=O)C(c7cccc(C89CCC8C8=C(C=C[CH]8)C9)c7)C=C6C(C(C)(F)F)=C5)CC4)cc3)c2C1=O. The maximum atomic E-state index is 15.4. The summed E-state index contributed by atoms with van der Waals surface area (Å²) < 4.78 is 30.8. The molecule has 3 aromatic rings. The topological polar surface area (TPSA) is 85.3 Å². The number of aryl methyl sites for hydroxylation is 3. The zero-order valence-corrected chi connectivity index (χ0v) is 40.3. The van der Waals surface area contributed by atoms with Crippen molar-refractivity contribution in [3.8, 4) is 0 Å². The van der Waals surface area contributed by atoms with Crippen LogP contribution in [0.15, 0.2) is 125 Å². The summed E-state index contributed by atoms with van der Waals surface area (Å²) >= 11 is 0. The van der Waals surface area contributed by atoms with Gasteiger partial charge in [0.25, 0.3) is 5.92 Å². The number of benzene rings is 3. The van der Waals surface area contributed by atoms with Gasteiger partial charge >= 0.3 is 0 Å². The number of rotatable bonds is 19. The molecule has 0 amide bonds. The van der Waals surface area contributed by atoms with Gasteiger partial charge < -0.3 is 9.59 Å². The average Bonchev–Trinajstić information content (AvgIpc) is 4.05. The van der Waals surface area contributed by atoms with Crippen molar-refractivity contribution >= 4 is 29.4 Å². The van der Waals surface area contributed by atoms with E-state index < -0.39 is 29.6 Å². The van der Waals surface area contributed by atoms with E-state index in [1.807, 2.05) is 30.4 Å². The Kier molecular flexibility index (Phi) is 13.3. The number of Topliss-reactive ketones (excluding diaryl/α,β-unsaturated/α-hetero) is 4. The number of fused-ring (bicyclic) bond motifs is 4. The molecule has 0 aliphatic heterocycles. The molecule has 5 nitrogen and oxygen atoms in total. The van der Waals surface area contributed by atoms with Crippen molar-refractivity contribution in [1.29, 1.82) is 0 Å². The number of unbranched alkanes of at least 4 members (excludes halogenated alkanes) is 2. The number of alkyl halides is 2. The predicted octanol–water partition coefficient (Wildman–Crippen LogP) is 13.5. The monoisotopic (exact) mass is 927 g/mol. The summed E-state index contributed by atoms with van der Waals surface area (Å²) in [4.78, 5) is 64.5. The van der Waals surface area contributed by atoms with Crippen LogP contribution >= 0.6 is 0 Å². The van der Waals surface area contributed by atoms with E-state index >= 15 is 8.78 Å². The van der Waals surface area contributed by atoms with E-state index in [1.54, 1.807) is 12.1 Å². The quantitative estimate of drug-likeness (QED) is 0.0679. The van der Waals surface area contributed by atoms with Crippen LogP contribution in [0.1, 0.15) is 158 Å². The first kappa shape index (κ1) is 47.3. The number of carbonyl (C=O) groups is 5. The van der Waals surface area contributed by atoms with Gasteiger partial charge in [0.1, 0.15) is 12.1 Å². The lowest BCUT2D eigenvalue weighted by molar-refractivity contribution is -0.120. The van der Waals surface area contributed by atoms with Gasteiger partial charge in [0.15, 0.2) is 17.3 Å². The summed E-state index contributed by atoms with van der Waals surface area (Å²) in [7, 11) is 0. The summed E-state index contributed by atoms with van der Waals surface area (Å²) in [6.07, 6.45) is 29.0. The predicted molar refractivity (Wildman–Crippen MR) is 266 cm³/mol. The molecule has 2 fully saturated rings. The fourth-order valence-corrected chi connectivity index (χ4v) is 13.5. The lowest BCUT2D eigenvalue weighted by Crippen LogP contribution is -2.42. The number of aldehydes is 1. The Bertz CT molecular complexity index is 2710. The summed E-state index contributed by atoms with van der Waals surface area (Å²) in [5.74, 6) is -5.00. The molecule has 1 radical (unpaired) electrons. The van der Waals surface area contributed by atoms with Crippen LogP contribution in [0.25, 0.3) is 0 Å². The van der Waals surface area contributed by atoms with E-state index in [1.165, 1.54) is 54.9 Å². The molecule has 69 heavy (non-hydrogen) atoms. The third-order valence-electron chi connectivity index (χ3n) is 17.4. The first-order valence-corrected chi connectivity index (χ1v) is 26.0. The third kappa shape index (κ3) is 9.25. The maximum Gasteiger partial charge on any atom is 0.270 e. The Morgan fingerprint density at radius 3 is 2.32 bits per heavy atom. The third-order valence-corrected chi connectivity index (χ3v) is 17.4. The number of hydrogen-bond donors (Lipinski definition) is 0. The molecule has 10 rings (SSSR count). The van der Waals surface area contributed by atoms with Crippen LogP contribution in [0, 0.1) is 41.9 Å². The number of ketones is 4. The van der Waals surface area contributed by atoms with Crippen molar-refractivity contribution in [3.05, 3.63) is 170 Å². The van der Waals surface area contributed by atoms with Crippen molar-refractivity contribution < 1.29 is 32.8 Å². The second-order valence-corrected chi connectivity index (χ2v) is 21.8. The molecule has 0 bridgehead atoms. The molecule has 3 aromatic carbocycles. The van der Waals surface area contributed by atoms with Crippen LogP contribution in [0.5, 0.6) is 0 Å². The van der Waals surface area contributed by atoms with Gasteiger partial charge in [-0.3, -0.25) is 14.4 Å². The summed E-state index contributed by atoms with van der Waals surface area (Å²) in [5, 5.41) is 0. The summed E-state index contributed by atoms with van der Waals surface area (Å²) in [6.45, 7) is 2.43. The molecule has 2 saturated carbocycles. The van der Waals surface area contributed by atoms with E-state index in [-0.39, 0.29) is 47.0 Å². The Morgan fingerprint density at radius 1 is 0.841 bits per heavy atom. The fourth-order valence-electron chi connectivity index (χ4n) is 13.5. The van der Waals surface area contributed by atoms with Gasteiger partial charge in [-0.05, 0) is 140 Å². The first-order chi connectivity index (χ1) is 33.3. The lowest BCUT2D eigenvalue weighted by Gasteiger charge is -2.47. The second-order valence-electron chi connectivity index (χ2n) is 21.8. The van der Waals surface area contributed by atoms with Crippen molar-refractivity contribution in [2.75, 3.05) is 0 Å². The molecule has 7 heteroatoms. The molecular formula is C62H65F2O5. The standard InChI is InChI=1S/C62H65F2O5/c1-38(66)17-27-47(37-65)57-59(68)50-16-7-11-44(56(50)60(57)69)28-26-41-20-18-39(19-21-41)9-4-3-5-10-40-22-24-42(25-23-40)31-43-32-53-52(55(33-43)61(2,63)64)35-51(58(53)67)45-12-6-14-48(34-45)62-30-29-54(62)49-15-8-13-46(49)36-62/h6-8,11-16,18-21,32-35,37,40,42,47,51,53-54,57H,3-5,9-10,17,22-31,36H2,1-2H3. The molecule has 0 heterocycles. The second kappa shape index (κ2) is 19.4. The van der Waals surface area contributed by atoms with Gasteiger partial charge in [0.05, 0.1) is 17.8 Å². The molecule has 357 valence electrons. The van der Waals surface area contributed by atoms with Gasteiger partial charge in [-0.15, -0.1) is 0 Å². The first-order valence-electron chi connectivity index (χ1n) is 26.0. The number of hydrogen-bond acceptors (Lipinski definition) is 5. The minimum absolute atomic E-state index is 0.0201. The maximum absolute atomic E-state index is 15.4. The van der Waals surface area contributed by atoms with Gasteiger partial charge in [0.2, 0.25) is 0 Å². The van der Waals surface area contributed by atoms with E-state index in [9.17, 15) is 24.0 Å². The zero-order valence-electron chi connectivity index (χ0n) is 40.3. The number of allylic oxidation sites excluding steroid dienone is 10. The summed E-state index contributed by atoms with van der Waals surface area (Å²) in [6, 6.07) is 22.6. The molecule has 6 atom stereocenters. The molecule has 0 saturated heterocycles. The molecule has 6 unspecified atom stereocenters. The lowest BCUT2D eigenvalue weighted by atomic mass is 9.56. The highest BCUT2D eigenvalue weighted by Gasteiger charge is 2.55. The van der Waals surface area contributed by atoms with Gasteiger partial charge in [-0.25, -0.2) is 8.78 Å². The largest absolute Gasteiger partial charge is 0.303 e. The molecule has 7 aliphatic carbocycles. The fraction of sp³-hybridized carbons (Fsp3) is 0.452. The minimum atomic E-state index is -3.04. The van der Waals surface area contributed by atoms with Gasteiger partial charge in [0, 0.05) is 47.8 Å². The van der Waals surface area contributed by atoms with Crippen LogP contribution in [0.4, 0.5) is 8.78 Å². The minimum Gasteiger partial charge on any atom is -0.303 e.